The largest absolute Gasteiger partial charge is 0.396 e. The van der Waals surface area contributed by atoms with Crippen LogP contribution < -0.4 is 4.72 Å². The van der Waals surface area contributed by atoms with E-state index in [1.807, 2.05) is 6.92 Å². The molecule has 1 saturated carbocycles. The van der Waals surface area contributed by atoms with Crippen LogP contribution in [0.1, 0.15) is 24.6 Å². The van der Waals surface area contributed by atoms with Gasteiger partial charge >= 0.3 is 0 Å². The van der Waals surface area contributed by atoms with Crippen LogP contribution in [-0.2, 0) is 16.4 Å². The van der Waals surface area contributed by atoms with Crippen molar-refractivity contribution in [3.8, 4) is 0 Å². The lowest BCUT2D eigenvalue weighted by atomic mass is 10.4. The van der Waals surface area contributed by atoms with Crippen molar-refractivity contribution in [1.82, 2.24) is 4.72 Å². The fourth-order valence-corrected chi connectivity index (χ4v) is 4.22. The second-order valence-electron chi connectivity index (χ2n) is 4.36. The van der Waals surface area contributed by atoms with Gasteiger partial charge in [-0.15, -0.1) is 11.3 Å². The molecular formula is C10H15NO3S2. The molecular weight excluding hydrogens is 246 g/mol. The van der Waals surface area contributed by atoms with E-state index in [1.54, 1.807) is 12.1 Å². The molecule has 1 aliphatic carbocycles. The van der Waals surface area contributed by atoms with Gasteiger partial charge in [-0.25, -0.2) is 13.1 Å². The van der Waals surface area contributed by atoms with Crippen molar-refractivity contribution in [2.75, 3.05) is 6.61 Å². The molecule has 1 fully saturated rings. The molecule has 0 radical (unpaired) electrons. The zero-order valence-electron chi connectivity index (χ0n) is 9.06. The van der Waals surface area contributed by atoms with E-state index in [4.69, 9.17) is 5.11 Å². The fraction of sp³-hybridized carbons (Fsp3) is 0.600. The number of hydrogen-bond acceptors (Lipinski definition) is 4. The van der Waals surface area contributed by atoms with Crippen LogP contribution in [0.3, 0.4) is 0 Å². The Morgan fingerprint density at radius 2 is 2.19 bits per heavy atom. The number of sulfonamides is 1. The summed E-state index contributed by atoms with van der Waals surface area (Å²) in [6.07, 6.45) is 2.32. The third kappa shape index (κ3) is 2.63. The van der Waals surface area contributed by atoms with Gasteiger partial charge in [0.15, 0.2) is 0 Å². The van der Waals surface area contributed by atoms with Crippen LogP contribution in [0.2, 0.25) is 0 Å². The summed E-state index contributed by atoms with van der Waals surface area (Å²) in [5, 5.41) is 8.77. The van der Waals surface area contributed by atoms with Crippen LogP contribution in [0.15, 0.2) is 16.3 Å². The monoisotopic (exact) mass is 261 g/mol. The van der Waals surface area contributed by atoms with Crippen LogP contribution in [0.4, 0.5) is 0 Å². The molecule has 90 valence electrons. The first-order valence-corrected chi connectivity index (χ1v) is 7.49. The first-order chi connectivity index (χ1) is 7.45. The lowest BCUT2D eigenvalue weighted by Gasteiger charge is -2.10. The summed E-state index contributed by atoms with van der Waals surface area (Å²) in [5.41, 5.74) is -0.236. The van der Waals surface area contributed by atoms with Crippen LogP contribution in [-0.4, -0.2) is 25.7 Å². The summed E-state index contributed by atoms with van der Waals surface area (Å²) in [6.45, 7) is 1.96. The first kappa shape index (κ1) is 12.0. The predicted octanol–water partition coefficient (Wildman–Crippen LogP) is 1.11. The zero-order chi connectivity index (χ0) is 11.8. The topological polar surface area (TPSA) is 66.4 Å². The minimum absolute atomic E-state index is 0.0468. The molecule has 0 bridgehead atoms. The van der Waals surface area contributed by atoms with E-state index in [2.05, 4.69) is 4.72 Å². The fourth-order valence-electron chi connectivity index (χ4n) is 1.41. The molecule has 16 heavy (non-hydrogen) atoms. The van der Waals surface area contributed by atoms with Crippen LogP contribution in [0.5, 0.6) is 0 Å². The summed E-state index contributed by atoms with van der Waals surface area (Å²) < 4.78 is 26.9. The molecule has 2 N–H and O–H groups in total. The van der Waals surface area contributed by atoms with Crippen molar-refractivity contribution in [1.29, 1.82) is 0 Å². The average Bonchev–Trinajstić information content (AvgIpc) is 2.73. The van der Waals surface area contributed by atoms with Crippen molar-refractivity contribution in [3.63, 3.8) is 0 Å². The third-order valence-electron chi connectivity index (χ3n) is 2.64. The maximum absolute atomic E-state index is 11.9. The number of thiophene rings is 1. The lowest BCUT2D eigenvalue weighted by Crippen LogP contribution is -2.33. The van der Waals surface area contributed by atoms with Crippen LogP contribution >= 0.6 is 11.3 Å². The molecule has 0 spiro atoms. The second-order valence-corrected chi connectivity index (χ2v) is 7.44. The van der Waals surface area contributed by atoms with E-state index in [0.29, 0.717) is 10.6 Å². The molecule has 0 atom stereocenters. The maximum Gasteiger partial charge on any atom is 0.250 e. The van der Waals surface area contributed by atoms with E-state index >= 15 is 0 Å². The van der Waals surface area contributed by atoms with E-state index in [1.165, 1.54) is 11.3 Å². The normalized spacial score (nSPS) is 18.6. The Balaban J connectivity index is 2.15. The Bertz CT molecular complexity index is 474. The van der Waals surface area contributed by atoms with Gasteiger partial charge in [-0.3, -0.25) is 0 Å². The van der Waals surface area contributed by atoms with Gasteiger partial charge in [0.1, 0.15) is 4.21 Å². The molecule has 6 heteroatoms. The van der Waals surface area contributed by atoms with Crippen molar-refractivity contribution in [3.05, 3.63) is 17.0 Å². The standard InChI is InChI=1S/C10H15NO3S2/c1-10(5-6-10)11-16(13,14)9-3-2-8(15-9)4-7-12/h2-3,11-12H,4-7H2,1H3. The summed E-state index contributed by atoms with van der Waals surface area (Å²) in [6, 6.07) is 3.36. The molecule has 0 saturated heterocycles. The predicted molar refractivity (Wildman–Crippen MR) is 63.1 cm³/mol. The second kappa shape index (κ2) is 4.10. The van der Waals surface area contributed by atoms with Crippen LogP contribution in [0.25, 0.3) is 0 Å². The summed E-state index contributed by atoms with van der Waals surface area (Å²) in [7, 11) is -3.37. The van der Waals surface area contributed by atoms with Gasteiger partial charge in [-0.1, -0.05) is 0 Å². The van der Waals surface area contributed by atoms with Crippen molar-refractivity contribution < 1.29 is 13.5 Å². The minimum Gasteiger partial charge on any atom is -0.396 e. The number of aliphatic hydroxyl groups is 1. The Morgan fingerprint density at radius 3 is 2.75 bits per heavy atom. The van der Waals surface area contributed by atoms with Gasteiger partial charge in [0, 0.05) is 23.4 Å². The van der Waals surface area contributed by atoms with Gasteiger partial charge in [-0.2, -0.15) is 0 Å². The summed E-state index contributed by atoms with van der Waals surface area (Å²) in [5.74, 6) is 0. The summed E-state index contributed by atoms with van der Waals surface area (Å²) >= 11 is 1.22. The van der Waals surface area contributed by atoms with Crippen LogP contribution in [0, 0.1) is 0 Å². The summed E-state index contributed by atoms with van der Waals surface area (Å²) in [4.78, 5) is 0.892. The molecule has 2 rings (SSSR count). The smallest absolute Gasteiger partial charge is 0.250 e. The lowest BCUT2D eigenvalue weighted by molar-refractivity contribution is 0.300. The highest BCUT2D eigenvalue weighted by atomic mass is 32.2. The molecule has 1 aliphatic rings. The van der Waals surface area contributed by atoms with Gasteiger partial charge in [-0.05, 0) is 31.9 Å². The molecule has 0 unspecified atom stereocenters. The third-order valence-corrected chi connectivity index (χ3v) is 5.92. The first-order valence-electron chi connectivity index (χ1n) is 5.19. The average molecular weight is 261 g/mol. The minimum atomic E-state index is -3.37. The Morgan fingerprint density at radius 1 is 1.50 bits per heavy atom. The Kier molecular flexibility index (Phi) is 3.09. The highest BCUT2D eigenvalue weighted by molar-refractivity contribution is 7.91. The molecule has 1 heterocycles. The SMILES string of the molecule is CC1(NS(=O)(=O)c2ccc(CCO)s2)CC1. The number of rotatable bonds is 5. The highest BCUT2D eigenvalue weighted by Crippen LogP contribution is 2.36. The number of nitrogens with one attached hydrogen (secondary N) is 1. The highest BCUT2D eigenvalue weighted by Gasteiger charge is 2.41. The number of aliphatic hydroxyl groups excluding tert-OH is 1. The molecule has 4 nitrogen and oxygen atoms in total. The van der Waals surface area contributed by atoms with Crippen molar-refractivity contribution in [2.45, 2.75) is 35.9 Å². The van der Waals surface area contributed by atoms with Gasteiger partial charge in [0.2, 0.25) is 0 Å². The number of hydrogen-bond donors (Lipinski definition) is 2. The van der Waals surface area contributed by atoms with Gasteiger partial charge in [0.25, 0.3) is 10.0 Å². The molecule has 0 aromatic carbocycles. The molecule has 1 aromatic heterocycles. The van der Waals surface area contributed by atoms with E-state index in [-0.39, 0.29) is 12.1 Å². The van der Waals surface area contributed by atoms with Crippen molar-refractivity contribution >= 4 is 21.4 Å². The van der Waals surface area contributed by atoms with Gasteiger partial charge in [0.05, 0.1) is 0 Å². The Hall–Kier alpha value is -0.430. The quantitative estimate of drug-likeness (QED) is 0.834. The molecule has 0 amide bonds. The van der Waals surface area contributed by atoms with Gasteiger partial charge < -0.3 is 5.11 Å². The van der Waals surface area contributed by atoms with E-state index in [0.717, 1.165) is 17.7 Å². The Labute approximate surface area is 99.4 Å². The zero-order valence-corrected chi connectivity index (χ0v) is 10.7. The molecule has 0 aliphatic heterocycles. The van der Waals surface area contributed by atoms with E-state index < -0.39 is 10.0 Å². The van der Waals surface area contributed by atoms with E-state index in [9.17, 15) is 8.42 Å². The maximum atomic E-state index is 11.9. The molecule has 1 aromatic rings. The van der Waals surface area contributed by atoms with Crippen molar-refractivity contribution in [2.24, 2.45) is 0 Å².